The van der Waals surface area contributed by atoms with Crippen molar-refractivity contribution in [3.05, 3.63) is 194 Å². The number of hydrogen-bond acceptors (Lipinski definition) is 6. The summed E-state index contributed by atoms with van der Waals surface area (Å²) in [5.41, 5.74) is 0. The highest BCUT2D eigenvalue weighted by atomic mass is 16.6. The smallest absolute Gasteiger partial charge is 0.309 e. The molecule has 0 N–H and O–H groups in total. The Morgan fingerprint density at radius 2 is 0.506 bits per heavy atom. The zero-order valence-electron chi connectivity index (χ0n) is 50.0. The molecule has 1 unspecified atom stereocenters. The maximum Gasteiger partial charge on any atom is 0.309 e. The lowest BCUT2D eigenvalue weighted by Gasteiger charge is -2.18. The molecular weight excluding hydrogens is 973 g/mol. The van der Waals surface area contributed by atoms with Crippen molar-refractivity contribution in [2.24, 2.45) is 0 Å². The van der Waals surface area contributed by atoms with E-state index in [1.807, 2.05) is 6.08 Å². The molecule has 0 aromatic heterocycles. The second-order valence-electron chi connectivity index (χ2n) is 19.5. The van der Waals surface area contributed by atoms with Gasteiger partial charge in [-0.15, -0.1) is 0 Å². The van der Waals surface area contributed by atoms with Crippen molar-refractivity contribution in [2.75, 3.05) is 13.2 Å². The summed E-state index contributed by atoms with van der Waals surface area (Å²) >= 11 is 0. The van der Waals surface area contributed by atoms with Crippen molar-refractivity contribution in [3.63, 3.8) is 0 Å². The second kappa shape index (κ2) is 64.8. The summed E-state index contributed by atoms with van der Waals surface area (Å²) in [4.78, 5) is 38.2. The largest absolute Gasteiger partial charge is 0.462 e. The molecule has 1 atom stereocenters. The van der Waals surface area contributed by atoms with E-state index in [0.29, 0.717) is 12.8 Å². The lowest BCUT2D eigenvalue weighted by molar-refractivity contribution is -0.166. The van der Waals surface area contributed by atoms with Crippen molar-refractivity contribution in [2.45, 2.75) is 232 Å². The molecule has 0 aliphatic heterocycles. The Hall–Kier alpha value is -5.75. The lowest BCUT2D eigenvalue weighted by atomic mass is 10.1. The van der Waals surface area contributed by atoms with E-state index in [2.05, 4.69) is 203 Å². The van der Waals surface area contributed by atoms with Crippen molar-refractivity contribution < 1.29 is 28.6 Å². The van der Waals surface area contributed by atoms with Gasteiger partial charge >= 0.3 is 17.9 Å². The van der Waals surface area contributed by atoms with Gasteiger partial charge in [-0.3, -0.25) is 14.4 Å². The van der Waals surface area contributed by atoms with Crippen LogP contribution in [-0.2, 0) is 28.6 Å². The van der Waals surface area contributed by atoms with E-state index in [-0.39, 0.29) is 38.0 Å². The molecule has 0 radical (unpaired) electrons. The summed E-state index contributed by atoms with van der Waals surface area (Å²) in [5.74, 6) is -1.12. The molecule has 438 valence electrons. The van der Waals surface area contributed by atoms with Crippen LogP contribution in [0.3, 0.4) is 0 Å². The van der Waals surface area contributed by atoms with Crippen LogP contribution in [0.2, 0.25) is 0 Å². The Morgan fingerprint density at radius 3 is 0.835 bits per heavy atom. The predicted octanol–water partition coefficient (Wildman–Crippen LogP) is 21.4. The van der Waals surface area contributed by atoms with Crippen molar-refractivity contribution in [1.82, 2.24) is 0 Å². The third kappa shape index (κ3) is 63.0. The van der Waals surface area contributed by atoms with Gasteiger partial charge in [-0.2, -0.15) is 0 Å². The van der Waals surface area contributed by atoms with Crippen LogP contribution in [0.5, 0.6) is 0 Å². The second-order valence-corrected chi connectivity index (χ2v) is 19.5. The summed E-state index contributed by atoms with van der Waals surface area (Å²) in [6.45, 7) is 6.15. The summed E-state index contributed by atoms with van der Waals surface area (Å²) in [6.07, 6.45) is 98.8. The van der Waals surface area contributed by atoms with E-state index in [1.54, 1.807) is 6.08 Å². The van der Waals surface area contributed by atoms with Gasteiger partial charge in [-0.25, -0.2) is 0 Å². The first kappa shape index (κ1) is 73.2. The maximum atomic E-state index is 12.9. The molecule has 0 aliphatic rings. The number of carbonyl (C=O) groups excluding carboxylic acids is 3. The van der Waals surface area contributed by atoms with Gasteiger partial charge < -0.3 is 14.2 Å². The molecule has 0 heterocycles. The van der Waals surface area contributed by atoms with E-state index < -0.39 is 12.1 Å². The minimum absolute atomic E-state index is 0.107. The quantitative estimate of drug-likeness (QED) is 0.0261. The monoisotopic (exact) mass is 1080 g/mol. The van der Waals surface area contributed by atoms with Crippen LogP contribution >= 0.6 is 0 Å². The molecule has 6 heteroatoms. The van der Waals surface area contributed by atoms with Gasteiger partial charge in [-0.1, -0.05) is 260 Å². The molecule has 0 amide bonds. The zero-order chi connectivity index (χ0) is 57.1. The summed E-state index contributed by atoms with van der Waals surface area (Å²) in [6, 6.07) is 0. The summed E-state index contributed by atoms with van der Waals surface area (Å²) in [7, 11) is 0. The van der Waals surface area contributed by atoms with Crippen LogP contribution in [0.1, 0.15) is 226 Å². The van der Waals surface area contributed by atoms with E-state index >= 15 is 0 Å². The van der Waals surface area contributed by atoms with Crippen LogP contribution in [0.25, 0.3) is 0 Å². The molecule has 0 bridgehead atoms. The van der Waals surface area contributed by atoms with Gasteiger partial charge in [0.15, 0.2) is 6.10 Å². The minimum atomic E-state index is -0.852. The average Bonchev–Trinajstić information content (AvgIpc) is 3.45. The molecule has 0 fully saturated rings. The average molecular weight is 1080 g/mol. The predicted molar refractivity (Wildman–Crippen MR) is 343 cm³/mol. The van der Waals surface area contributed by atoms with Crippen LogP contribution < -0.4 is 0 Å². The van der Waals surface area contributed by atoms with E-state index in [4.69, 9.17) is 14.2 Å². The van der Waals surface area contributed by atoms with Gasteiger partial charge in [0.2, 0.25) is 0 Å². The highest BCUT2D eigenvalue weighted by molar-refractivity contribution is 5.72. The molecule has 0 spiro atoms. The van der Waals surface area contributed by atoms with Crippen molar-refractivity contribution in [1.29, 1.82) is 0 Å². The first-order valence-electron chi connectivity index (χ1n) is 30.9. The van der Waals surface area contributed by atoms with Crippen LogP contribution in [-0.4, -0.2) is 37.2 Å². The number of allylic oxidation sites excluding steroid dienone is 31. The Bertz CT molecular complexity index is 1920. The van der Waals surface area contributed by atoms with E-state index in [9.17, 15) is 14.4 Å². The number of ether oxygens (including phenoxy) is 3. The van der Waals surface area contributed by atoms with Crippen molar-refractivity contribution in [3.8, 4) is 0 Å². The number of esters is 3. The summed E-state index contributed by atoms with van der Waals surface area (Å²) < 4.78 is 16.8. The van der Waals surface area contributed by atoms with E-state index in [1.165, 1.54) is 32.1 Å². The zero-order valence-corrected chi connectivity index (χ0v) is 50.0. The Balaban J connectivity index is 4.53. The third-order valence-electron chi connectivity index (χ3n) is 12.1. The fraction of sp³-hybridized carbons (Fsp3) is 0.521. The van der Waals surface area contributed by atoms with Crippen LogP contribution in [0.15, 0.2) is 194 Å². The Kier molecular flexibility index (Phi) is 60.1. The number of unbranched alkanes of at least 4 members (excludes halogenated alkanes) is 11. The van der Waals surface area contributed by atoms with Gasteiger partial charge in [0.25, 0.3) is 0 Å². The first-order valence-corrected chi connectivity index (χ1v) is 30.9. The molecule has 0 saturated heterocycles. The van der Waals surface area contributed by atoms with Crippen LogP contribution in [0.4, 0.5) is 0 Å². The minimum Gasteiger partial charge on any atom is -0.462 e. The molecule has 0 rings (SSSR count). The lowest BCUT2D eigenvalue weighted by Crippen LogP contribution is -2.30. The maximum absolute atomic E-state index is 12.9. The Morgan fingerprint density at radius 1 is 0.266 bits per heavy atom. The van der Waals surface area contributed by atoms with Crippen LogP contribution in [0, 0.1) is 0 Å². The normalized spacial score (nSPS) is 13.5. The molecule has 0 aliphatic carbocycles. The third-order valence-corrected chi connectivity index (χ3v) is 12.1. The SMILES string of the molecule is CC/C=C\C/C=C\C/C=C\C/C=C\C/C=C\C/C=C\CCCCCCCCCCC(=O)OCC(COC(=O)C/C=C\C/C=C\C/C=C\C/C=C\C/C=C\CC)OC(=O)CCCCC/C=C\C/C=C\C/C=C\C/C=C\C/C=C\CC. The molecular formula is C73H110O6. The highest BCUT2D eigenvalue weighted by Gasteiger charge is 2.19. The first-order chi connectivity index (χ1) is 39.0. The highest BCUT2D eigenvalue weighted by Crippen LogP contribution is 2.13. The molecule has 0 aromatic rings. The topological polar surface area (TPSA) is 78.9 Å². The van der Waals surface area contributed by atoms with Crippen molar-refractivity contribution >= 4 is 17.9 Å². The molecule has 0 aromatic carbocycles. The number of carbonyl (C=O) groups is 3. The number of hydrogen-bond donors (Lipinski definition) is 0. The Labute approximate surface area is 484 Å². The van der Waals surface area contributed by atoms with Gasteiger partial charge in [-0.05, 0) is 141 Å². The van der Waals surface area contributed by atoms with Gasteiger partial charge in [0, 0.05) is 12.8 Å². The van der Waals surface area contributed by atoms with Gasteiger partial charge in [0.05, 0.1) is 6.42 Å². The van der Waals surface area contributed by atoms with E-state index in [0.717, 1.165) is 148 Å². The molecule has 6 nitrogen and oxygen atoms in total. The fourth-order valence-corrected chi connectivity index (χ4v) is 7.60. The fourth-order valence-electron chi connectivity index (χ4n) is 7.60. The molecule has 0 saturated carbocycles. The molecule has 79 heavy (non-hydrogen) atoms. The number of rotatable bonds is 53. The van der Waals surface area contributed by atoms with Gasteiger partial charge in [0.1, 0.15) is 13.2 Å². The standard InChI is InChI=1S/C73H110O6/c1-4-7-10-13-16-19-22-25-28-30-32-33-34-35-36-37-38-39-41-42-45-48-51-54-57-60-63-66-72(75)78-69-70(68-77-71(74)65-62-59-56-53-50-47-44-27-24-21-18-15-12-9-6-3)79-73(76)67-64-61-58-55-52-49-46-43-40-31-29-26-23-20-17-14-11-8-5-2/h7-12,16-21,25-29,32-33,35-36,38-40,43-44,49-50,52-53,59,62,70H,4-6,13-15,22-24,30-31,34,37,41-42,45-48,51,54-58,60-61,63-69H2,1-3H3/b10-7-,11-8-,12-9-,19-16-,20-17-,21-18-,28-25-,29-26-,33-32-,36-35-,39-38-,43-40-,44-27-,52-49-,53-50-,62-59-. The summed E-state index contributed by atoms with van der Waals surface area (Å²) in [5, 5.41) is 0.